The lowest BCUT2D eigenvalue weighted by Crippen LogP contribution is -2.23. The minimum atomic E-state index is -0.195. The van der Waals surface area contributed by atoms with Gasteiger partial charge in [0.1, 0.15) is 6.61 Å². The van der Waals surface area contributed by atoms with Crippen molar-refractivity contribution in [1.29, 1.82) is 0 Å². The molecule has 88 valence electrons. The van der Waals surface area contributed by atoms with E-state index in [9.17, 15) is 4.79 Å². The second-order valence-electron chi connectivity index (χ2n) is 3.32. The fraction of sp³-hybridized carbons (Fsp3) is 0.417. The largest absolute Gasteiger partial charge is 0.464 e. The number of carbonyl (C=O) groups is 1. The molecule has 0 atom stereocenters. The Labute approximate surface area is 101 Å². The van der Waals surface area contributed by atoms with E-state index in [1.807, 2.05) is 30.3 Å². The Hall–Kier alpha value is -1.06. The van der Waals surface area contributed by atoms with Crippen molar-refractivity contribution in [3.8, 4) is 0 Å². The Morgan fingerprint density at radius 1 is 1.25 bits per heavy atom. The molecule has 0 aliphatic heterocycles. The summed E-state index contributed by atoms with van der Waals surface area (Å²) >= 11 is 5.48. The number of hydrogen-bond donors (Lipinski definition) is 1. The van der Waals surface area contributed by atoms with E-state index in [-0.39, 0.29) is 5.97 Å². The molecule has 0 saturated heterocycles. The van der Waals surface area contributed by atoms with Crippen molar-refractivity contribution in [2.24, 2.45) is 0 Å². The molecule has 4 heteroatoms. The Balaban J connectivity index is 2.12. The van der Waals surface area contributed by atoms with Crippen molar-refractivity contribution in [3.05, 3.63) is 35.9 Å². The number of alkyl halides is 1. The molecule has 3 nitrogen and oxygen atoms in total. The molecule has 0 spiro atoms. The van der Waals surface area contributed by atoms with Gasteiger partial charge >= 0.3 is 5.97 Å². The van der Waals surface area contributed by atoms with E-state index in [4.69, 9.17) is 16.3 Å². The lowest BCUT2D eigenvalue weighted by molar-refractivity contribution is -0.142. The van der Waals surface area contributed by atoms with Crippen molar-refractivity contribution in [3.63, 3.8) is 0 Å². The van der Waals surface area contributed by atoms with Crippen LogP contribution >= 0.6 is 11.6 Å². The molecule has 0 bridgehead atoms. The summed E-state index contributed by atoms with van der Waals surface area (Å²) in [6.45, 7) is 1.77. The van der Waals surface area contributed by atoms with Crippen molar-refractivity contribution in [2.75, 3.05) is 25.6 Å². The maximum absolute atomic E-state index is 11.4. The van der Waals surface area contributed by atoms with Crippen LogP contribution in [0.5, 0.6) is 0 Å². The van der Waals surface area contributed by atoms with Crippen molar-refractivity contribution in [1.82, 2.24) is 5.32 Å². The highest BCUT2D eigenvalue weighted by Gasteiger charge is 2.03. The first kappa shape index (κ1) is 13.0. The first-order valence-electron chi connectivity index (χ1n) is 5.29. The van der Waals surface area contributed by atoms with Gasteiger partial charge in [-0.25, -0.2) is 0 Å². The van der Waals surface area contributed by atoms with E-state index in [2.05, 4.69) is 5.32 Å². The van der Waals surface area contributed by atoms with Crippen LogP contribution in [0.15, 0.2) is 30.3 Å². The number of benzene rings is 1. The van der Waals surface area contributed by atoms with Gasteiger partial charge in [-0.2, -0.15) is 0 Å². The highest BCUT2D eigenvalue weighted by atomic mass is 35.5. The van der Waals surface area contributed by atoms with E-state index < -0.39 is 0 Å². The zero-order valence-corrected chi connectivity index (χ0v) is 9.87. The van der Waals surface area contributed by atoms with Gasteiger partial charge in [0.15, 0.2) is 0 Å². The molecule has 0 aliphatic rings. The quantitative estimate of drug-likeness (QED) is 0.448. The molecular weight excluding hydrogens is 226 g/mol. The summed E-state index contributed by atoms with van der Waals surface area (Å²) < 4.78 is 5.05. The van der Waals surface area contributed by atoms with Crippen molar-refractivity contribution < 1.29 is 9.53 Å². The summed E-state index contributed by atoms with van der Waals surface area (Å²) in [5, 5.41) is 3.05. The van der Waals surface area contributed by atoms with Crippen LogP contribution in [0, 0.1) is 0 Å². The summed E-state index contributed by atoms with van der Waals surface area (Å²) in [4.78, 5) is 11.4. The standard InChI is InChI=1S/C12H16ClNO2/c13-6-7-14-8-9-16-12(15)10-11-4-2-1-3-5-11/h1-5,14H,6-10H2. The fourth-order valence-corrected chi connectivity index (χ4v) is 1.38. The molecule has 0 unspecified atom stereocenters. The van der Waals surface area contributed by atoms with Crippen LogP contribution in [0.2, 0.25) is 0 Å². The third kappa shape index (κ3) is 5.73. The zero-order chi connectivity index (χ0) is 11.6. The first-order valence-corrected chi connectivity index (χ1v) is 5.82. The second kappa shape index (κ2) is 8.13. The number of ether oxygens (including phenoxy) is 1. The monoisotopic (exact) mass is 241 g/mol. The average Bonchev–Trinajstić information content (AvgIpc) is 2.30. The SMILES string of the molecule is O=C(Cc1ccccc1)OCCNCCCl. The van der Waals surface area contributed by atoms with Crippen molar-refractivity contribution >= 4 is 17.6 Å². The molecule has 0 aromatic heterocycles. The van der Waals surface area contributed by atoms with Gasteiger partial charge in [-0.15, -0.1) is 11.6 Å². The molecule has 0 aliphatic carbocycles. The Kier molecular flexibility index (Phi) is 6.61. The minimum Gasteiger partial charge on any atom is -0.464 e. The average molecular weight is 242 g/mol. The Bertz CT molecular complexity index is 303. The highest BCUT2D eigenvalue weighted by molar-refractivity contribution is 6.18. The predicted octanol–water partition coefficient (Wildman–Crippen LogP) is 1.60. The smallest absolute Gasteiger partial charge is 0.310 e. The summed E-state index contributed by atoms with van der Waals surface area (Å²) in [6.07, 6.45) is 0.330. The molecule has 0 saturated carbocycles. The normalized spacial score (nSPS) is 10.1. The molecule has 1 aromatic carbocycles. The number of hydrogen-bond acceptors (Lipinski definition) is 3. The van der Waals surface area contributed by atoms with Gasteiger partial charge in [-0.05, 0) is 5.56 Å². The van der Waals surface area contributed by atoms with Crippen LogP contribution in [-0.2, 0) is 16.0 Å². The number of halogens is 1. The zero-order valence-electron chi connectivity index (χ0n) is 9.12. The summed E-state index contributed by atoms with van der Waals surface area (Å²) in [5.41, 5.74) is 0.973. The van der Waals surface area contributed by atoms with Gasteiger partial charge < -0.3 is 10.1 Å². The number of carbonyl (C=O) groups excluding carboxylic acids is 1. The van der Waals surface area contributed by atoms with Gasteiger partial charge in [0, 0.05) is 19.0 Å². The lowest BCUT2D eigenvalue weighted by Gasteiger charge is -2.05. The van der Waals surface area contributed by atoms with Crippen LogP contribution < -0.4 is 5.32 Å². The summed E-state index contributed by atoms with van der Waals surface area (Å²) in [5.74, 6) is 0.372. The van der Waals surface area contributed by atoms with Gasteiger partial charge in [-0.3, -0.25) is 4.79 Å². The molecular formula is C12H16ClNO2. The number of esters is 1. The van der Waals surface area contributed by atoms with E-state index in [1.165, 1.54) is 0 Å². The maximum atomic E-state index is 11.4. The van der Waals surface area contributed by atoms with Gasteiger partial charge in [0.2, 0.25) is 0 Å². The van der Waals surface area contributed by atoms with Crippen molar-refractivity contribution in [2.45, 2.75) is 6.42 Å². The molecule has 1 rings (SSSR count). The Morgan fingerprint density at radius 2 is 2.00 bits per heavy atom. The number of rotatable bonds is 7. The molecule has 0 amide bonds. The van der Waals surface area contributed by atoms with E-state index >= 15 is 0 Å². The molecule has 0 heterocycles. The minimum absolute atomic E-state index is 0.195. The van der Waals surface area contributed by atoms with Gasteiger partial charge in [0.25, 0.3) is 0 Å². The van der Waals surface area contributed by atoms with E-state index in [0.717, 1.165) is 12.1 Å². The van der Waals surface area contributed by atoms with E-state index in [0.29, 0.717) is 25.5 Å². The molecule has 0 fully saturated rings. The predicted molar refractivity (Wildman–Crippen MR) is 64.7 cm³/mol. The molecule has 1 aromatic rings. The molecule has 0 radical (unpaired) electrons. The second-order valence-corrected chi connectivity index (χ2v) is 3.70. The number of nitrogens with one attached hydrogen (secondary N) is 1. The fourth-order valence-electron chi connectivity index (χ4n) is 1.24. The third-order valence-electron chi connectivity index (χ3n) is 2.00. The van der Waals surface area contributed by atoms with Crippen LogP contribution in [0.25, 0.3) is 0 Å². The summed E-state index contributed by atoms with van der Waals surface area (Å²) in [6, 6.07) is 9.56. The molecule has 16 heavy (non-hydrogen) atoms. The lowest BCUT2D eigenvalue weighted by atomic mass is 10.2. The first-order chi connectivity index (χ1) is 7.83. The topological polar surface area (TPSA) is 38.3 Å². The Morgan fingerprint density at radius 3 is 2.69 bits per heavy atom. The molecule has 1 N–H and O–H groups in total. The van der Waals surface area contributed by atoms with Crippen LogP contribution in [0.4, 0.5) is 0 Å². The third-order valence-corrected chi connectivity index (χ3v) is 2.19. The van der Waals surface area contributed by atoms with E-state index in [1.54, 1.807) is 0 Å². The van der Waals surface area contributed by atoms with Crippen LogP contribution in [0.3, 0.4) is 0 Å². The summed E-state index contributed by atoms with van der Waals surface area (Å²) in [7, 11) is 0. The van der Waals surface area contributed by atoms with Crippen LogP contribution in [-0.4, -0.2) is 31.5 Å². The van der Waals surface area contributed by atoms with Gasteiger partial charge in [0.05, 0.1) is 6.42 Å². The highest BCUT2D eigenvalue weighted by Crippen LogP contribution is 2.00. The van der Waals surface area contributed by atoms with Crippen LogP contribution in [0.1, 0.15) is 5.56 Å². The van der Waals surface area contributed by atoms with Gasteiger partial charge in [-0.1, -0.05) is 30.3 Å². The maximum Gasteiger partial charge on any atom is 0.310 e.